The largest absolute Gasteiger partial charge is 0.302 e. The zero-order chi connectivity index (χ0) is 18.1. The van der Waals surface area contributed by atoms with Crippen molar-refractivity contribution in [1.29, 1.82) is 0 Å². The summed E-state index contributed by atoms with van der Waals surface area (Å²) in [5, 5.41) is 0. The molecule has 0 bridgehead atoms. The fourth-order valence-corrected chi connectivity index (χ4v) is 4.46. The van der Waals surface area contributed by atoms with Crippen LogP contribution in [0.1, 0.15) is 31.9 Å². The summed E-state index contributed by atoms with van der Waals surface area (Å²) < 4.78 is 6.95. The third-order valence-corrected chi connectivity index (χ3v) is 6.10. The van der Waals surface area contributed by atoms with E-state index >= 15 is 0 Å². The predicted octanol–water partition coefficient (Wildman–Crippen LogP) is 2.93. The third kappa shape index (κ3) is 3.13. The molecule has 2 aliphatic rings. The van der Waals surface area contributed by atoms with Crippen molar-refractivity contribution in [2.45, 2.75) is 38.8 Å². The molecule has 134 valence electrons. The lowest BCUT2D eigenvalue weighted by atomic mass is 9.98. The van der Waals surface area contributed by atoms with Crippen molar-refractivity contribution in [2.75, 3.05) is 13.6 Å². The molecule has 5 nitrogen and oxygen atoms in total. The molecule has 2 atom stereocenters. The van der Waals surface area contributed by atoms with Crippen molar-refractivity contribution in [3.05, 3.63) is 40.6 Å². The summed E-state index contributed by atoms with van der Waals surface area (Å²) in [7, 11) is 2.14. The van der Waals surface area contributed by atoms with Crippen LogP contribution < -0.4 is 5.56 Å². The quantitative estimate of drug-likeness (QED) is 0.784. The van der Waals surface area contributed by atoms with Gasteiger partial charge >= 0.3 is 0 Å². The Morgan fingerprint density at radius 3 is 3.12 bits per heavy atom. The molecule has 6 heteroatoms. The number of allylic oxidation sites excluding steroid dienone is 4. The molecule has 1 saturated heterocycles. The molecule has 4 rings (SSSR count). The zero-order valence-electron chi connectivity index (χ0n) is 15.1. The number of hydrogen-bond acceptors (Lipinski definition) is 5. The molecule has 0 amide bonds. The van der Waals surface area contributed by atoms with Gasteiger partial charge in [0.05, 0.1) is 6.33 Å². The summed E-state index contributed by atoms with van der Waals surface area (Å²) in [4.78, 5) is 19.9. The lowest BCUT2D eigenvalue weighted by molar-refractivity contribution is 0.166. The number of piperidine rings is 1. The fraction of sp³-hybridized carbons (Fsp3) is 0.450. The predicted molar refractivity (Wildman–Crippen MR) is 106 cm³/mol. The van der Waals surface area contributed by atoms with Crippen LogP contribution in [0.25, 0.3) is 15.8 Å². The van der Waals surface area contributed by atoms with Crippen LogP contribution in [0.5, 0.6) is 0 Å². The molecule has 2 aromatic rings. The average Bonchev–Trinajstić information content (AvgIpc) is 2.95. The maximum Gasteiger partial charge on any atom is 0.272 e. The van der Waals surface area contributed by atoms with E-state index in [9.17, 15) is 4.79 Å². The van der Waals surface area contributed by atoms with Crippen LogP contribution in [0.3, 0.4) is 0 Å². The normalized spacial score (nSPS) is 23.4. The first-order chi connectivity index (χ1) is 12.6. The second-order valence-electron chi connectivity index (χ2n) is 7.03. The van der Waals surface area contributed by atoms with Gasteiger partial charge in [-0.25, -0.2) is 4.98 Å². The Kier molecular flexibility index (Phi) is 4.75. The molecule has 0 aromatic carbocycles. The summed E-state index contributed by atoms with van der Waals surface area (Å²) in [6.07, 6.45) is 11.1. The standard InChI is InChI=1S/C20H22N4OS/c1-14-8-4-3-5-10-16(14)17-18-19(26-22-17)20(25)24(13-21-18)12-15-9-6-7-11-23(15)2/h3,5,10,13-15H,6-7,9,11-12H2,1-2H3. The first kappa shape index (κ1) is 17.2. The van der Waals surface area contributed by atoms with Crippen LogP contribution in [0, 0.1) is 17.8 Å². The first-order valence-electron chi connectivity index (χ1n) is 9.08. The molecule has 3 heterocycles. The SMILES string of the molecule is CC1C#CC=CC=C1c1nsc2c(=O)n(CC3CCCCN3C)cnc12. The smallest absolute Gasteiger partial charge is 0.272 e. The van der Waals surface area contributed by atoms with Crippen molar-refractivity contribution in [3.8, 4) is 11.8 Å². The number of hydrogen-bond donors (Lipinski definition) is 0. The molecule has 26 heavy (non-hydrogen) atoms. The Morgan fingerprint density at radius 2 is 2.27 bits per heavy atom. The van der Waals surface area contributed by atoms with E-state index in [1.165, 1.54) is 24.4 Å². The van der Waals surface area contributed by atoms with Crippen LogP contribution in [-0.2, 0) is 6.54 Å². The molecule has 0 saturated carbocycles. The van der Waals surface area contributed by atoms with E-state index in [1.807, 2.05) is 18.2 Å². The number of nitrogens with zero attached hydrogens (tertiary/aromatic N) is 4. The van der Waals surface area contributed by atoms with Crippen molar-refractivity contribution in [1.82, 2.24) is 18.8 Å². The highest BCUT2D eigenvalue weighted by Gasteiger charge is 2.22. The lowest BCUT2D eigenvalue weighted by Crippen LogP contribution is -2.41. The van der Waals surface area contributed by atoms with E-state index in [0.717, 1.165) is 24.2 Å². The van der Waals surface area contributed by atoms with Gasteiger partial charge in [0.15, 0.2) is 0 Å². The van der Waals surface area contributed by atoms with E-state index < -0.39 is 0 Å². The molecule has 1 fully saturated rings. The lowest BCUT2D eigenvalue weighted by Gasteiger charge is -2.32. The Hall–Kier alpha value is -2.23. The maximum atomic E-state index is 13.0. The molecule has 0 spiro atoms. The van der Waals surface area contributed by atoms with E-state index in [-0.39, 0.29) is 11.5 Å². The van der Waals surface area contributed by atoms with Crippen molar-refractivity contribution in [3.63, 3.8) is 0 Å². The van der Waals surface area contributed by atoms with Gasteiger partial charge in [-0.3, -0.25) is 9.36 Å². The van der Waals surface area contributed by atoms with Gasteiger partial charge in [0, 0.05) is 18.5 Å². The Labute approximate surface area is 157 Å². The highest BCUT2D eigenvalue weighted by Crippen LogP contribution is 2.29. The zero-order valence-corrected chi connectivity index (χ0v) is 15.9. The van der Waals surface area contributed by atoms with Gasteiger partial charge in [-0.1, -0.05) is 30.4 Å². The van der Waals surface area contributed by atoms with Gasteiger partial charge in [-0.05, 0) is 56.5 Å². The second-order valence-corrected chi connectivity index (χ2v) is 7.81. The molecular formula is C20H22N4OS. The first-order valence-corrected chi connectivity index (χ1v) is 9.85. The molecule has 1 aliphatic heterocycles. The number of fused-ring (bicyclic) bond motifs is 1. The fourth-order valence-electron chi connectivity index (χ4n) is 3.66. The van der Waals surface area contributed by atoms with E-state index in [4.69, 9.17) is 0 Å². The summed E-state index contributed by atoms with van der Waals surface area (Å²) in [5.41, 5.74) is 2.52. The van der Waals surface area contributed by atoms with Gasteiger partial charge in [0.1, 0.15) is 15.9 Å². The monoisotopic (exact) mass is 366 g/mol. The van der Waals surface area contributed by atoms with Crippen LogP contribution in [0.2, 0.25) is 0 Å². The van der Waals surface area contributed by atoms with Crippen LogP contribution in [-0.4, -0.2) is 38.5 Å². The molecule has 2 unspecified atom stereocenters. The maximum absolute atomic E-state index is 13.0. The number of rotatable bonds is 3. The Balaban J connectivity index is 1.70. The summed E-state index contributed by atoms with van der Waals surface area (Å²) in [6.45, 7) is 3.84. The number of aromatic nitrogens is 3. The van der Waals surface area contributed by atoms with Crippen molar-refractivity contribution < 1.29 is 0 Å². The van der Waals surface area contributed by atoms with E-state index in [1.54, 1.807) is 10.9 Å². The number of likely N-dealkylation sites (N-methyl/N-ethyl adjacent to an activating group) is 1. The van der Waals surface area contributed by atoms with E-state index in [2.05, 4.69) is 40.1 Å². The highest BCUT2D eigenvalue weighted by atomic mass is 32.1. The molecule has 0 N–H and O–H groups in total. The van der Waals surface area contributed by atoms with Gasteiger partial charge in [-0.2, -0.15) is 4.37 Å². The van der Waals surface area contributed by atoms with Crippen molar-refractivity contribution >= 4 is 27.3 Å². The van der Waals surface area contributed by atoms with Crippen molar-refractivity contribution in [2.24, 2.45) is 5.92 Å². The summed E-state index contributed by atoms with van der Waals surface area (Å²) in [5.74, 6) is 6.25. The van der Waals surface area contributed by atoms with Crippen LogP contribution >= 0.6 is 11.5 Å². The minimum absolute atomic E-state index is 0.0150. The Morgan fingerprint density at radius 1 is 1.38 bits per heavy atom. The van der Waals surface area contributed by atoms with E-state index in [0.29, 0.717) is 22.8 Å². The topological polar surface area (TPSA) is 51.0 Å². The number of likely N-dealkylation sites (tertiary alicyclic amines) is 1. The minimum Gasteiger partial charge on any atom is -0.302 e. The van der Waals surface area contributed by atoms with Gasteiger partial charge in [0.2, 0.25) is 0 Å². The molecule has 0 radical (unpaired) electrons. The van der Waals surface area contributed by atoms with Crippen LogP contribution in [0.4, 0.5) is 0 Å². The van der Waals surface area contributed by atoms with Crippen LogP contribution in [0.15, 0.2) is 29.3 Å². The highest BCUT2D eigenvalue weighted by molar-refractivity contribution is 7.13. The Bertz CT molecular complexity index is 1000. The third-order valence-electron chi connectivity index (χ3n) is 5.27. The van der Waals surface area contributed by atoms with Gasteiger partial charge in [-0.15, -0.1) is 0 Å². The minimum atomic E-state index is 0.0150. The van der Waals surface area contributed by atoms with Gasteiger partial charge in [0.25, 0.3) is 5.56 Å². The molecular weight excluding hydrogens is 344 g/mol. The molecule has 2 aromatic heterocycles. The summed E-state index contributed by atoms with van der Waals surface area (Å²) >= 11 is 1.25. The average molecular weight is 366 g/mol. The van der Waals surface area contributed by atoms with Gasteiger partial charge < -0.3 is 4.90 Å². The summed E-state index contributed by atoms with van der Waals surface area (Å²) in [6, 6.07) is 0.401. The molecule has 1 aliphatic carbocycles. The second kappa shape index (κ2) is 7.18.